The number of nitrogens with zero attached hydrogens (tertiary/aromatic N) is 4. The molecule has 0 N–H and O–H groups in total. The summed E-state index contributed by atoms with van der Waals surface area (Å²) in [5.74, 6) is -0.335. The number of aromatic nitrogens is 2. The second-order valence-corrected chi connectivity index (χ2v) is 7.50. The van der Waals surface area contributed by atoms with Crippen molar-refractivity contribution in [1.29, 1.82) is 0 Å². The van der Waals surface area contributed by atoms with Crippen molar-refractivity contribution in [3.63, 3.8) is 0 Å². The van der Waals surface area contributed by atoms with Crippen LogP contribution < -0.4 is 0 Å². The van der Waals surface area contributed by atoms with E-state index in [2.05, 4.69) is 5.10 Å². The molecule has 0 saturated carbocycles. The lowest BCUT2D eigenvalue weighted by molar-refractivity contribution is -0.142. The number of carbonyl (C=O) groups is 2. The number of ether oxygens (including phenoxy) is 1. The number of alkyl halides is 3. The Hall–Kier alpha value is -2.26. The van der Waals surface area contributed by atoms with Crippen molar-refractivity contribution < 1.29 is 27.5 Å². The molecular formula is C17H25F3N4O3. The predicted molar refractivity (Wildman–Crippen MR) is 90.9 cm³/mol. The zero-order valence-electron chi connectivity index (χ0n) is 15.9. The molecular weight excluding hydrogens is 365 g/mol. The van der Waals surface area contributed by atoms with Gasteiger partial charge in [0.15, 0.2) is 5.69 Å². The van der Waals surface area contributed by atoms with Crippen LogP contribution in [0.3, 0.4) is 0 Å². The van der Waals surface area contributed by atoms with E-state index in [1.165, 1.54) is 6.92 Å². The van der Waals surface area contributed by atoms with E-state index in [-0.39, 0.29) is 12.5 Å². The normalized spacial score (nSPS) is 17.4. The fourth-order valence-electron chi connectivity index (χ4n) is 2.73. The highest BCUT2D eigenvalue weighted by Crippen LogP contribution is 2.28. The topological polar surface area (TPSA) is 67.7 Å². The van der Waals surface area contributed by atoms with E-state index < -0.39 is 29.6 Å². The van der Waals surface area contributed by atoms with Crippen LogP contribution in [0.25, 0.3) is 0 Å². The van der Waals surface area contributed by atoms with E-state index in [0.717, 1.165) is 16.9 Å². The van der Waals surface area contributed by atoms with E-state index in [9.17, 15) is 22.8 Å². The van der Waals surface area contributed by atoms with E-state index in [4.69, 9.17) is 4.74 Å². The number of rotatable bonds is 2. The van der Waals surface area contributed by atoms with Crippen LogP contribution in [0.1, 0.15) is 45.9 Å². The summed E-state index contributed by atoms with van der Waals surface area (Å²) in [6, 6.07) is -0.0228. The first-order valence-electron chi connectivity index (χ1n) is 8.77. The smallest absolute Gasteiger partial charge is 0.435 e. The van der Waals surface area contributed by atoms with Crippen molar-refractivity contribution >= 4 is 12.0 Å². The van der Waals surface area contributed by atoms with Crippen LogP contribution >= 0.6 is 0 Å². The number of halogens is 3. The third-order valence-corrected chi connectivity index (χ3v) is 4.11. The van der Waals surface area contributed by atoms with Gasteiger partial charge in [0.1, 0.15) is 11.6 Å². The zero-order valence-corrected chi connectivity index (χ0v) is 15.9. The molecule has 2 amide bonds. The van der Waals surface area contributed by atoms with Crippen molar-refractivity contribution in [2.45, 2.75) is 51.9 Å². The van der Waals surface area contributed by atoms with Gasteiger partial charge in [-0.05, 0) is 40.2 Å². The summed E-state index contributed by atoms with van der Waals surface area (Å²) in [6.07, 6.45) is -3.28. The molecule has 1 aliphatic heterocycles. The Morgan fingerprint density at radius 3 is 2.26 bits per heavy atom. The van der Waals surface area contributed by atoms with Crippen molar-refractivity contribution in [1.82, 2.24) is 19.6 Å². The highest BCUT2D eigenvalue weighted by atomic mass is 19.4. The Balaban J connectivity index is 1.99. The summed E-state index contributed by atoms with van der Waals surface area (Å²) in [7, 11) is 0. The lowest BCUT2D eigenvalue weighted by Gasteiger charge is -2.27. The van der Waals surface area contributed by atoms with Crippen LogP contribution in [-0.2, 0) is 15.7 Å². The Bertz CT molecular complexity index is 682. The van der Waals surface area contributed by atoms with Crippen LogP contribution in [0, 0.1) is 0 Å². The molecule has 2 heterocycles. The lowest BCUT2D eigenvalue weighted by Crippen LogP contribution is -2.41. The second kappa shape index (κ2) is 7.77. The highest BCUT2D eigenvalue weighted by molar-refractivity contribution is 5.80. The van der Waals surface area contributed by atoms with Crippen molar-refractivity contribution in [3.8, 4) is 0 Å². The second-order valence-electron chi connectivity index (χ2n) is 7.50. The molecule has 10 heteroatoms. The molecule has 0 bridgehead atoms. The number of amides is 2. The fourth-order valence-corrected chi connectivity index (χ4v) is 2.73. The molecule has 1 saturated heterocycles. The minimum Gasteiger partial charge on any atom is -0.444 e. The van der Waals surface area contributed by atoms with Gasteiger partial charge in [0.2, 0.25) is 5.91 Å². The van der Waals surface area contributed by atoms with Crippen molar-refractivity contribution in [2.24, 2.45) is 0 Å². The van der Waals surface area contributed by atoms with Crippen LogP contribution in [0.2, 0.25) is 0 Å². The van der Waals surface area contributed by atoms with Gasteiger partial charge in [0.25, 0.3) is 0 Å². The molecule has 1 atom stereocenters. The third kappa shape index (κ3) is 5.61. The van der Waals surface area contributed by atoms with Gasteiger partial charge in [0.05, 0.1) is 0 Å². The van der Waals surface area contributed by atoms with E-state index in [1.54, 1.807) is 30.6 Å². The molecule has 152 valence electrons. The molecule has 2 rings (SSSR count). The van der Waals surface area contributed by atoms with Gasteiger partial charge in [-0.15, -0.1) is 0 Å². The molecule has 1 aromatic rings. The number of hydrogen-bond acceptors (Lipinski definition) is 4. The van der Waals surface area contributed by atoms with Gasteiger partial charge in [-0.3, -0.25) is 9.48 Å². The maximum atomic E-state index is 12.7. The summed E-state index contributed by atoms with van der Waals surface area (Å²) in [5.41, 5.74) is -1.64. The van der Waals surface area contributed by atoms with E-state index in [1.807, 2.05) is 0 Å². The first-order valence-corrected chi connectivity index (χ1v) is 8.77. The van der Waals surface area contributed by atoms with Crippen LogP contribution in [0.4, 0.5) is 18.0 Å². The summed E-state index contributed by atoms with van der Waals surface area (Å²) in [5, 5.41) is 3.46. The zero-order chi connectivity index (χ0) is 20.4. The van der Waals surface area contributed by atoms with Crippen molar-refractivity contribution in [2.75, 3.05) is 26.2 Å². The average Bonchev–Trinajstić information content (AvgIpc) is 2.90. The first-order chi connectivity index (χ1) is 12.4. The summed E-state index contributed by atoms with van der Waals surface area (Å²) >= 11 is 0. The first kappa shape index (κ1) is 21.0. The van der Waals surface area contributed by atoms with Gasteiger partial charge < -0.3 is 14.5 Å². The predicted octanol–water partition coefficient (Wildman–Crippen LogP) is 2.93. The molecule has 7 nitrogen and oxygen atoms in total. The minimum absolute atomic E-state index is 0.288. The summed E-state index contributed by atoms with van der Waals surface area (Å²) in [6.45, 7) is 8.30. The van der Waals surface area contributed by atoms with Crippen LogP contribution in [-0.4, -0.2) is 63.4 Å². The monoisotopic (exact) mass is 390 g/mol. The molecule has 27 heavy (non-hydrogen) atoms. The molecule has 1 aliphatic rings. The van der Waals surface area contributed by atoms with Gasteiger partial charge in [0, 0.05) is 32.4 Å². The Morgan fingerprint density at radius 2 is 1.70 bits per heavy atom. The average molecular weight is 390 g/mol. The quantitative estimate of drug-likeness (QED) is 0.779. The van der Waals surface area contributed by atoms with Gasteiger partial charge >= 0.3 is 12.3 Å². The Morgan fingerprint density at radius 1 is 1.11 bits per heavy atom. The number of hydrogen-bond donors (Lipinski definition) is 0. The minimum atomic E-state index is -4.55. The molecule has 0 aromatic carbocycles. The maximum Gasteiger partial charge on any atom is 0.435 e. The lowest BCUT2D eigenvalue weighted by atomic mass is 10.2. The molecule has 0 spiro atoms. The van der Waals surface area contributed by atoms with Gasteiger partial charge in [-0.25, -0.2) is 4.79 Å². The summed E-state index contributed by atoms with van der Waals surface area (Å²) in [4.78, 5) is 27.9. The largest absolute Gasteiger partial charge is 0.444 e. The van der Waals surface area contributed by atoms with Crippen LogP contribution in [0.5, 0.6) is 0 Å². The van der Waals surface area contributed by atoms with Crippen molar-refractivity contribution in [3.05, 3.63) is 18.0 Å². The molecule has 1 fully saturated rings. The maximum absolute atomic E-state index is 12.7. The molecule has 1 aromatic heterocycles. The SMILES string of the molecule is CC(C(=O)N1CCCN(C(=O)OC(C)(C)C)CC1)n1ccc(C(F)(F)F)n1. The Kier molecular flexibility index (Phi) is 6.06. The van der Waals surface area contributed by atoms with Gasteiger partial charge in [-0.1, -0.05) is 0 Å². The standard InChI is InChI=1S/C17H25F3N4O3/c1-12(24-9-6-13(21-24)17(18,19)20)14(25)22-7-5-8-23(11-10-22)15(26)27-16(2,3)4/h6,9,12H,5,7-8,10-11H2,1-4H3. The number of carbonyl (C=O) groups excluding carboxylic acids is 2. The third-order valence-electron chi connectivity index (χ3n) is 4.11. The van der Waals surface area contributed by atoms with E-state index in [0.29, 0.717) is 26.1 Å². The molecule has 1 unspecified atom stereocenters. The Labute approximate surface area is 156 Å². The fraction of sp³-hybridized carbons (Fsp3) is 0.706. The van der Waals surface area contributed by atoms with Gasteiger partial charge in [-0.2, -0.15) is 18.3 Å². The summed E-state index contributed by atoms with van der Waals surface area (Å²) < 4.78 is 44.4. The van der Waals surface area contributed by atoms with E-state index >= 15 is 0 Å². The highest BCUT2D eigenvalue weighted by Gasteiger charge is 2.35. The molecule has 0 aliphatic carbocycles. The molecule has 0 radical (unpaired) electrons. The van der Waals surface area contributed by atoms with Crippen LogP contribution in [0.15, 0.2) is 12.3 Å².